The number of rotatable bonds is 3. The van der Waals surface area contributed by atoms with Crippen molar-refractivity contribution >= 4 is 28.6 Å². The third-order valence-corrected chi connectivity index (χ3v) is 4.24. The van der Waals surface area contributed by atoms with Gasteiger partial charge in [-0.25, -0.2) is 13.8 Å². The molecule has 2 N–H and O–H groups in total. The highest BCUT2D eigenvalue weighted by Gasteiger charge is 2.44. The predicted molar refractivity (Wildman–Crippen MR) is 91.8 cm³/mol. The SMILES string of the molecule is COc1ccccc1C(=O)n1nc(N)c2ccc(N3CC(F)(F)C3)nc21. The molecule has 3 heterocycles. The van der Waals surface area contributed by atoms with E-state index in [1.807, 2.05) is 0 Å². The van der Waals surface area contributed by atoms with Gasteiger partial charge in [-0.2, -0.15) is 4.68 Å². The molecule has 2 aromatic heterocycles. The number of methoxy groups -OCH3 is 1. The van der Waals surface area contributed by atoms with Crippen molar-refractivity contribution in [2.45, 2.75) is 5.92 Å². The van der Waals surface area contributed by atoms with Gasteiger partial charge in [-0.15, -0.1) is 5.10 Å². The van der Waals surface area contributed by atoms with Crippen LogP contribution in [0.5, 0.6) is 5.75 Å². The van der Waals surface area contributed by atoms with Gasteiger partial charge < -0.3 is 15.4 Å². The number of alkyl halides is 2. The molecule has 4 rings (SSSR count). The summed E-state index contributed by atoms with van der Waals surface area (Å²) in [5, 5.41) is 4.55. The number of ether oxygens (including phenoxy) is 1. The van der Waals surface area contributed by atoms with Gasteiger partial charge in [-0.1, -0.05) is 12.1 Å². The van der Waals surface area contributed by atoms with Gasteiger partial charge >= 0.3 is 0 Å². The molecule has 1 aliphatic rings. The lowest BCUT2D eigenvalue weighted by atomic mass is 10.1. The second kappa shape index (κ2) is 5.65. The first-order valence-corrected chi connectivity index (χ1v) is 7.85. The molecule has 0 aliphatic carbocycles. The van der Waals surface area contributed by atoms with E-state index in [2.05, 4.69) is 10.1 Å². The van der Waals surface area contributed by atoms with Crippen LogP contribution in [0.15, 0.2) is 36.4 Å². The second-order valence-electron chi connectivity index (χ2n) is 6.06. The first-order chi connectivity index (χ1) is 12.4. The summed E-state index contributed by atoms with van der Waals surface area (Å²) < 4.78 is 32.5. The molecule has 1 aliphatic heterocycles. The molecule has 7 nitrogen and oxygen atoms in total. The van der Waals surface area contributed by atoms with Crippen LogP contribution in [-0.2, 0) is 0 Å². The molecule has 0 unspecified atom stereocenters. The van der Waals surface area contributed by atoms with Gasteiger partial charge in [0.05, 0.1) is 31.1 Å². The van der Waals surface area contributed by atoms with Crippen LogP contribution in [-0.4, -0.2) is 46.8 Å². The molecule has 0 radical (unpaired) electrons. The van der Waals surface area contributed by atoms with Crippen molar-refractivity contribution in [3.05, 3.63) is 42.0 Å². The number of pyridine rings is 1. The molecule has 0 amide bonds. The zero-order valence-corrected chi connectivity index (χ0v) is 13.8. The number of fused-ring (bicyclic) bond motifs is 1. The Balaban J connectivity index is 1.78. The van der Waals surface area contributed by atoms with Gasteiger partial charge in [-0.3, -0.25) is 4.79 Å². The summed E-state index contributed by atoms with van der Waals surface area (Å²) in [6, 6.07) is 9.92. The highest BCUT2D eigenvalue weighted by Crippen LogP contribution is 2.32. The predicted octanol–water partition coefficient (Wildman–Crippen LogP) is 2.17. The minimum atomic E-state index is -2.72. The third-order valence-electron chi connectivity index (χ3n) is 4.24. The highest BCUT2D eigenvalue weighted by atomic mass is 19.3. The Hall–Kier alpha value is -3.23. The molecule has 0 bridgehead atoms. The van der Waals surface area contributed by atoms with Crippen molar-refractivity contribution in [1.29, 1.82) is 0 Å². The summed E-state index contributed by atoms with van der Waals surface area (Å²) in [6.45, 7) is -0.814. The fraction of sp³-hybridized carbons (Fsp3) is 0.235. The van der Waals surface area contributed by atoms with E-state index in [0.29, 0.717) is 22.5 Å². The number of hydrogen-bond acceptors (Lipinski definition) is 6. The molecule has 1 saturated heterocycles. The van der Waals surface area contributed by atoms with Crippen LogP contribution in [0.1, 0.15) is 10.4 Å². The van der Waals surface area contributed by atoms with E-state index in [-0.39, 0.29) is 11.5 Å². The van der Waals surface area contributed by atoms with E-state index in [4.69, 9.17) is 10.5 Å². The summed E-state index contributed by atoms with van der Waals surface area (Å²) in [4.78, 5) is 18.7. The summed E-state index contributed by atoms with van der Waals surface area (Å²) in [5.74, 6) is -2.32. The Morgan fingerprint density at radius 2 is 1.96 bits per heavy atom. The number of halogens is 2. The molecule has 0 saturated carbocycles. The first kappa shape index (κ1) is 16.2. The van der Waals surface area contributed by atoms with Gasteiger partial charge in [0.25, 0.3) is 11.8 Å². The van der Waals surface area contributed by atoms with Crippen molar-refractivity contribution < 1.29 is 18.3 Å². The molecule has 0 spiro atoms. The summed E-state index contributed by atoms with van der Waals surface area (Å²) in [7, 11) is 1.46. The van der Waals surface area contributed by atoms with Crippen LogP contribution in [0.4, 0.5) is 20.4 Å². The Morgan fingerprint density at radius 1 is 1.23 bits per heavy atom. The lowest BCUT2D eigenvalue weighted by molar-refractivity contribution is -0.0266. The Bertz CT molecular complexity index is 1010. The van der Waals surface area contributed by atoms with Crippen molar-refractivity contribution in [3.8, 4) is 5.75 Å². The molecular formula is C17H15F2N5O2. The van der Waals surface area contributed by atoms with Crippen LogP contribution in [0.25, 0.3) is 11.0 Å². The average Bonchev–Trinajstić information content (AvgIpc) is 2.95. The molecule has 3 aromatic rings. The molecular weight excluding hydrogens is 344 g/mol. The number of anilines is 2. The zero-order valence-electron chi connectivity index (χ0n) is 13.8. The van der Waals surface area contributed by atoms with Crippen molar-refractivity contribution in [2.24, 2.45) is 0 Å². The topological polar surface area (TPSA) is 86.3 Å². The smallest absolute Gasteiger partial charge is 0.283 e. The van der Waals surface area contributed by atoms with E-state index >= 15 is 0 Å². The van der Waals surface area contributed by atoms with Crippen molar-refractivity contribution in [1.82, 2.24) is 14.8 Å². The lowest BCUT2D eigenvalue weighted by Crippen LogP contribution is -2.56. The minimum Gasteiger partial charge on any atom is -0.496 e. The fourth-order valence-corrected chi connectivity index (χ4v) is 2.94. The largest absolute Gasteiger partial charge is 0.496 e. The van der Waals surface area contributed by atoms with Crippen LogP contribution in [0.2, 0.25) is 0 Å². The van der Waals surface area contributed by atoms with Crippen LogP contribution in [0, 0.1) is 0 Å². The highest BCUT2D eigenvalue weighted by molar-refractivity contribution is 6.04. The number of para-hydroxylation sites is 1. The number of nitrogens with two attached hydrogens (primary N) is 1. The molecule has 0 atom stereocenters. The maximum Gasteiger partial charge on any atom is 0.283 e. The maximum absolute atomic E-state index is 13.1. The van der Waals surface area contributed by atoms with Gasteiger partial charge in [-0.05, 0) is 24.3 Å². The molecule has 1 fully saturated rings. The van der Waals surface area contributed by atoms with Gasteiger partial charge in [0.1, 0.15) is 11.6 Å². The molecule has 9 heteroatoms. The van der Waals surface area contributed by atoms with E-state index in [9.17, 15) is 13.6 Å². The minimum absolute atomic E-state index is 0.135. The Labute approximate surface area is 147 Å². The van der Waals surface area contributed by atoms with E-state index in [0.717, 1.165) is 4.68 Å². The monoisotopic (exact) mass is 359 g/mol. The maximum atomic E-state index is 13.1. The number of aromatic nitrogens is 3. The van der Waals surface area contributed by atoms with E-state index < -0.39 is 24.9 Å². The second-order valence-corrected chi connectivity index (χ2v) is 6.06. The van der Waals surface area contributed by atoms with E-state index in [1.54, 1.807) is 36.4 Å². The van der Waals surface area contributed by atoms with Crippen LogP contribution >= 0.6 is 0 Å². The van der Waals surface area contributed by atoms with Crippen LogP contribution < -0.4 is 15.4 Å². The van der Waals surface area contributed by atoms with Crippen LogP contribution in [0.3, 0.4) is 0 Å². The average molecular weight is 359 g/mol. The number of hydrogen-bond donors (Lipinski definition) is 1. The number of nitrogens with zero attached hydrogens (tertiary/aromatic N) is 4. The van der Waals surface area contributed by atoms with Gasteiger partial charge in [0.15, 0.2) is 11.5 Å². The summed E-state index contributed by atoms with van der Waals surface area (Å²) in [6.07, 6.45) is 0. The number of nitrogen functional groups attached to an aromatic ring is 1. The molecule has 26 heavy (non-hydrogen) atoms. The number of benzene rings is 1. The number of carbonyl (C=O) groups excluding carboxylic acids is 1. The molecule has 1 aromatic carbocycles. The lowest BCUT2D eigenvalue weighted by Gasteiger charge is -2.39. The van der Waals surface area contributed by atoms with Gasteiger partial charge in [0.2, 0.25) is 0 Å². The van der Waals surface area contributed by atoms with Crippen molar-refractivity contribution in [2.75, 3.05) is 30.8 Å². The number of carbonyl (C=O) groups is 1. The van der Waals surface area contributed by atoms with Gasteiger partial charge in [0, 0.05) is 0 Å². The quantitative estimate of drug-likeness (QED) is 0.771. The summed E-state index contributed by atoms with van der Waals surface area (Å²) >= 11 is 0. The third kappa shape index (κ3) is 2.52. The Kier molecular flexibility index (Phi) is 3.53. The zero-order chi connectivity index (χ0) is 18.5. The van der Waals surface area contributed by atoms with E-state index in [1.165, 1.54) is 12.0 Å². The summed E-state index contributed by atoms with van der Waals surface area (Å²) in [5.41, 5.74) is 6.40. The fourth-order valence-electron chi connectivity index (χ4n) is 2.94. The first-order valence-electron chi connectivity index (χ1n) is 7.85. The van der Waals surface area contributed by atoms with Crippen molar-refractivity contribution in [3.63, 3.8) is 0 Å². The normalized spacial score (nSPS) is 15.7. The standard InChI is InChI=1S/C17H15F2N5O2/c1-26-12-5-3-2-4-10(12)16(25)24-15-11(14(20)22-24)6-7-13(21-15)23-8-17(18,19)9-23/h2-7H,8-9H2,1H3,(H2,20,22). The Morgan fingerprint density at radius 3 is 2.65 bits per heavy atom. The molecule has 134 valence electrons.